The molecule has 106 valence electrons. The van der Waals surface area contributed by atoms with E-state index in [9.17, 15) is 4.79 Å². The van der Waals surface area contributed by atoms with Crippen molar-refractivity contribution in [3.8, 4) is 0 Å². The van der Waals surface area contributed by atoms with Crippen molar-refractivity contribution in [2.75, 3.05) is 11.1 Å². The maximum absolute atomic E-state index is 12.3. The fraction of sp³-hybridized carbons (Fsp3) is 0.500. The Morgan fingerprint density at radius 1 is 1.26 bits per heavy atom. The zero-order valence-electron chi connectivity index (χ0n) is 11.3. The number of halogens is 2. The van der Waals surface area contributed by atoms with Gasteiger partial charge in [0, 0.05) is 14.9 Å². The molecule has 0 fully saturated rings. The van der Waals surface area contributed by atoms with E-state index in [4.69, 9.17) is 5.73 Å². The van der Waals surface area contributed by atoms with Gasteiger partial charge in [-0.2, -0.15) is 0 Å². The molecular formula is C14H20Br2N2O. The van der Waals surface area contributed by atoms with E-state index in [-0.39, 0.29) is 11.8 Å². The molecule has 0 saturated carbocycles. The maximum atomic E-state index is 12.3. The first-order chi connectivity index (χ1) is 8.99. The number of carbonyl (C=O) groups is 1. The molecule has 0 spiro atoms. The van der Waals surface area contributed by atoms with Crippen LogP contribution in [0.1, 0.15) is 39.5 Å². The third-order valence-electron chi connectivity index (χ3n) is 2.98. The van der Waals surface area contributed by atoms with Gasteiger partial charge in [-0.25, -0.2) is 0 Å². The summed E-state index contributed by atoms with van der Waals surface area (Å²) in [6, 6.07) is 3.66. The Labute approximate surface area is 131 Å². The first-order valence-electron chi connectivity index (χ1n) is 6.54. The summed E-state index contributed by atoms with van der Waals surface area (Å²) in [7, 11) is 0. The van der Waals surface area contributed by atoms with Gasteiger partial charge in [-0.05, 0) is 40.9 Å². The van der Waals surface area contributed by atoms with Crippen LogP contribution in [-0.2, 0) is 4.79 Å². The molecule has 1 aromatic rings. The Balaban J connectivity index is 2.86. The van der Waals surface area contributed by atoms with E-state index >= 15 is 0 Å². The van der Waals surface area contributed by atoms with E-state index in [1.807, 2.05) is 6.07 Å². The van der Waals surface area contributed by atoms with Gasteiger partial charge in [-0.15, -0.1) is 0 Å². The standard InChI is InChI=1S/C14H20Br2N2O/c1-3-5-9(6-4-2)14(19)18-13-11(16)7-10(15)8-12(13)17/h7-9H,3-6,17H2,1-2H3,(H,18,19). The highest BCUT2D eigenvalue weighted by Gasteiger charge is 2.18. The molecule has 3 nitrogen and oxygen atoms in total. The molecule has 0 saturated heterocycles. The van der Waals surface area contributed by atoms with Crippen LogP contribution in [0, 0.1) is 5.92 Å². The summed E-state index contributed by atoms with van der Waals surface area (Å²) in [6.07, 6.45) is 3.84. The van der Waals surface area contributed by atoms with Crippen LogP contribution in [0.2, 0.25) is 0 Å². The first kappa shape index (κ1) is 16.5. The van der Waals surface area contributed by atoms with Crippen molar-refractivity contribution in [3.63, 3.8) is 0 Å². The van der Waals surface area contributed by atoms with Crippen molar-refractivity contribution in [1.29, 1.82) is 0 Å². The molecule has 0 unspecified atom stereocenters. The Morgan fingerprint density at radius 2 is 1.84 bits per heavy atom. The van der Waals surface area contributed by atoms with Crippen molar-refractivity contribution >= 4 is 49.1 Å². The van der Waals surface area contributed by atoms with Gasteiger partial charge in [0.05, 0.1) is 11.4 Å². The number of rotatable bonds is 6. The average molecular weight is 392 g/mol. The molecule has 5 heteroatoms. The van der Waals surface area contributed by atoms with Gasteiger partial charge in [0.25, 0.3) is 0 Å². The Morgan fingerprint density at radius 3 is 2.32 bits per heavy atom. The predicted molar refractivity (Wildman–Crippen MR) is 88.2 cm³/mol. The van der Waals surface area contributed by atoms with Crippen LogP contribution >= 0.6 is 31.9 Å². The van der Waals surface area contributed by atoms with Gasteiger partial charge >= 0.3 is 0 Å². The lowest BCUT2D eigenvalue weighted by atomic mass is 9.97. The molecule has 0 aliphatic heterocycles. The van der Waals surface area contributed by atoms with Crippen LogP contribution < -0.4 is 11.1 Å². The molecule has 0 aliphatic rings. The summed E-state index contributed by atoms with van der Waals surface area (Å²) in [5.74, 6) is 0.114. The Bertz CT molecular complexity index is 420. The number of benzene rings is 1. The third-order valence-corrected chi connectivity index (χ3v) is 4.06. The Hall–Kier alpha value is -0.550. The van der Waals surface area contributed by atoms with Crippen LogP contribution in [0.15, 0.2) is 21.1 Å². The molecule has 0 aliphatic carbocycles. The summed E-state index contributed by atoms with van der Waals surface area (Å²) in [5.41, 5.74) is 7.16. The van der Waals surface area contributed by atoms with E-state index in [1.54, 1.807) is 6.07 Å². The molecule has 1 amide bonds. The number of amides is 1. The van der Waals surface area contributed by atoms with Crippen molar-refractivity contribution < 1.29 is 4.79 Å². The number of carbonyl (C=O) groups excluding carboxylic acids is 1. The smallest absolute Gasteiger partial charge is 0.227 e. The SMILES string of the molecule is CCCC(CCC)C(=O)Nc1c(N)cc(Br)cc1Br. The lowest BCUT2D eigenvalue weighted by Crippen LogP contribution is -2.23. The van der Waals surface area contributed by atoms with Crippen LogP contribution in [0.4, 0.5) is 11.4 Å². The quantitative estimate of drug-likeness (QED) is 0.674. The summed E-state index contributed by atoms with van der Waals surface area (Å²) in [5, 5.41) is 2.94. The normalized spacial score (nSPS) is 10.8. The van der Waals surface area contributed by atoms with Crippen molar-refractivity contribution in [1.82, 2.24) is 0 Å². The van der Waals surface area contributed by atoms with Gasteiger partial charge in [-0.1, -0.05) is 42.6 Å². The minimum atomic E-state index is 0.0541. The van der Waals surface area contributed by atoms with Crippen molar-refractivity contribution in [3.05, 3.63) is 21.1 Å². The molecule has 3 N–H and O–H groups in total. The number of hydrogen-bond acceptors (Lipinski definition) is 2. The van der Waals surface area contributed by atoms with Gasteiger partial charge < -0.3 is 11.1 Å². The van der Waals surface area contributed by atoms with Gasteiger partial charge in [0.15, 0.2) is 0 Å². The third kappa shape index (κ3) is 4.80. The van der Waals surface area contributed by atoms with Gasteiger partial charge in [0.2, 0.25) is 5.91 Å². The second-order valence-corrected chi connectivity index (χ2v) is 6.39. The van der Waals surface area contributed by atoms with E-state index in [1.165, 1.54) is 0 Å². The molecule has 0 radical (unpaired) electrons. The first-order valence-corrected chi connectivity index (χ1v) is 8.13. The minimum absolute atomic E-state index is 0.0541. The van der Waals surface area contributed by atoms with Crippen LogP contribution in [0.5, 0.6) is 0 Å². The second-order valence-electron chi connectivity index (χ2n) is 4.62. The zero-order chi connectivity index (χ0) is 14.4. The van der Waals surface area contributed by atoms with Crippen molar-refractivity contribution in [2.24, 2.45) is 5.92 Å². The number of nitrogens with one attached hydrogen (secondary N) is 1. The summed E-state index contributed by atoms with van der Waals surface area (Å²) >= 11 is 6.80. The number of hydrogen-bond donors (Lipinski definition) is 2. The largest absolute Gasteiger partial charge is 0.397 e. The number of nitrogen functional groups attached to an aromatic ring is 1. The average Bonchev–Trinajstić information content (AvgIpc) is 2.33. The van der Waals surface area contributed by atoms with Gasteiger partial charge in [0.1, 0.15) is 0 Å². The summed E-state index contributed by atoms with van der Waals surface area (Å²) in [6.45, 7) is 4.19. The predicted octanol–water partition coefficient (Wildman–Crippen LogP) is 4.95. The Kier molecular flexibility index (Phi) is 6.86. The highest BCUT2D eigenvalue weighted by molar-refractivity contribution is 9.11. The van der Waals surface area contributed by atoms with E-state index in [0.717, 1.165) is 34.6 Å². The van der Waals surface area contributed by atoms with E-state index in [2.05, 4.69) is 51.0 Å². The summed E-state index contributed by atoms with van der Waals surface area (Å²) in [4.78, 5) is 12.3. The lowest BCUT2D eigenvalue weighted by Gasteiger charge is -2.17. The molecule has 0 atom stereocenters. The monoisotopic (exact) mass is 390 g/mol. The zero-order valence-corrected chi connectivity index (χ0v) is 14.5. The van der Waals surface area contributed by atoms with Crippen LogP contribution in [-0.4, -0.2) is 5.91 Å². The molecule has 19 heavy (non-hydrogen) atoms. The molecular weight excluding hydrogens is 372 g/mol. The van der Waals surface area contributed by atoms with Crippen LogP contribution in [0.25, 0.3) is 0 Å². The molecule has 1 aromatic carbocycles. The fourth-order valence-corrected chi connectivity index (χ4v) is 3.41. The second kappa shape index (κ2) is 7.90. The number of nitrogens with two attached hydrogens (primary N) is 1. The highest BCUT2D eigenvalue weighted by Crippen LogP contribution is 2.33. The van der Waals surface area contributed by atoms with Gasteiger partial charge in [-0.3, -0.25) is 4.79 Å². The lowest BCUT2D eigenvalue weighted by molar-refractivity contribution is -0.120. The fourth-order valence-electron chi connectivity index (χ4n) is 2.05. The maximum Gasteiger partial charge on any atom is 0.227 e. The topological polar surface area (TPSA) is 55.1 Å². The molecule has 0 bridgehead atoms. The highest BCUT2D eigenvalue weighted by atomic mass is 79.9. The number of anilines is 2. The molecule has 0 aromatic heterocycles. The van der Waals surface area contributed by atoms with E-state index < -0.39 is 0 Å². The minimum Gasteiger partial charge on any atom is -0.397 e. The van der Waals surface area contributed by atoms with Crippen LogP contribution in [0.3, 0.4) is 0 Å². The van der Waals surface area contributed by atoms with E-state index in [0.29, 0.717) is 11.4 Å². The molecule has 1 rings (SSSR count). The summed E-state index contributed by atoms with van der Waals surface area (Å²) < 4.78 is 1.67. The van der Waals surface area contributed by atoms with Crippen molar-refractivity contribution in [2.45, 2.75) is 39.5 Å². The molecule has 0 heterocycles.